The van der Waals surface area contributed by atoms with E-state index in [2.05, 4.69) is 10.1 Å². The van der Waals surface area contributed by atoms with E-state index in [4.69, 9.17) is 14.0 Å². The molecular weight excluding hydrogens is 310 g/mol. The van der Waals surface area contributed by atoms with E-state index in [1.165, 1.54) is 0 Å². The number of piperidine rings is 1. The van der Waals surface area contributed by atoms with Gasteiger partial charge in [-0.15, -0.1) is 0 Å². The molecule has 7 heteroatoms. The first kappa shape index (κ1) is 16.1. The molecule has 3 aliphatic rings. The maximum absolute atomic E-state index is 12.5. The lowest BCUT2D eigenvalue weighted by Gasteiger charge is -2.37. The van der Waals surface area contributed by atoms with Crippen LogP contribution in [0.15, 0.2) is 10.6 Å². The largest absolute Gasteiger partial charge is 0.379 e. The molecule has 0 aromatic carbocycles. The fourth-order valence-corrected chi connectivity index (χ4v) is 4.13. The number of amides is 1. The number of hydrogen-bond acceptors (Lipinski definition) is 6. The maximum atomic E-state index is 12.5. The van der Waals surface area contributed by atoms with Crippen LogP contribution in [0.2, 0.25) is 0 Å². The third-order valence-corrected chi connectivity index (χ3v) is 5.47. The summed E-state index contributed by atoms with van der Waals surface area (Å²) in [6.07, 6.45) is 1.29. The van der Waals surface area contributed by atoms with Gasteiger partial charge in [0.1, 0.15) is 5.76 Å². The van der Waals surface area contributed by atoms with Gasteiger partial charge in [-0.1, -0.05) is 5.16 Å². The SMILES string of the molecule is Cc1cc(C(=O)N2CC[C@@H]3[C@@H](CO[C@H]3CN3CCOCC3)C2)no1. The molecule has 0 radical (unpaired) electrons. The number of fused-ring (bicyclic) bond motifs is 1. The molecule has 3 aliphatic heterocycles. The molecule has 132 valence electrons. The van der Waals surface area contributed by atoms with E-state index in [9.17, 15) is 4.79 Å². The molecule has 0 spiro atoms. The van der Waals surface area contributed by atoms with Crippen molar-refractivity contribution in [2.24, 2.45) is 11.8 Å². The molecule has 0 unspecified atom stereocenters. The van der Waals surface area contributed by atoms with E-state index in [0.717, 1.165) is 59.0 Å². The lowest BCUT2D eigenvalue weighted by molar-refractivity contribution is -0.00253. The van der Waals surface area contributed by atoms with Crippen LogP contribution < -0.4 is 0 Å². The summed E-state index contributed by atoms with van der Waals surface area (Å²) in [4.78, 5) is 16.9. The van der Waals surface area contributed by atoms with Crippen LogP contribution in [0.1, 0.15) is 22.7 Å². The minimum absolute atomic E-state index is 0.0260. The predicted octanol–water partition coefficient (Wildman–Crippen LogP) is 0.792. The highest BCUT2D eigenvalue weighted by Gasteiger charge is 2.42. The van der Waals surface area contributed by atoms with E-state index in [1.807, 2.05) is 4.90 Å². The van der Waals surface area contributed by atoms with Crippen molar-refractivity contribution >= 4 is 5.91 Å². The molecule has 0 aliphatic carbocycles. The summed E-state index contributed by atoms with van der Waals surface area (Å²) in [6, 6.07) is 1.71. The molecule has 0 saturated carbocycles. The van der Waals surface area contributed by atoms with Gasteiger partial charge in [-0.3, -0.25) is 9.69 Å². The van der Waals surface area contributed by atoms with Crippen molar-refractivity contribution in [2.45, 2.75) is 19.4 Å². The third-order valence-electron chi connectivity index (χ3n) is 5.47. The summed E-state index contributed by atoms with van der Waals surface area (Å²) in [6.45, 7) is 8.70. The van der Waals surface area contributed by atoms with Crippen molar-refractivity contribution in [1.29, 1.82) is 0 Å². The molecule has 3 saturated heterocycles. The Hall–Kier alpha value is -1.44. The summed E-state index contributed by atoms with van der Waals surface area (Å²) < 4.78 is 16.5. The van der Waals surface area contributed by atoms with Crippen LogP contribution in [0.5, 0.6) is 0 Å². The molecule has 1 aromatic rings. The second-order valence-corrected chi connectivity index (χ2v) is 7.07. The average Bonchev–Trinajstić information content (AvgIpc) is 3.21. The Morgan fingerprint density at radius 1 is 1.33 bits per heavy atom. The van der Waals surface area contributed by atoms with Crippen LogP contribution in [0.4, 0.5) is 0 Å². The lowest BCUT2D eigenvalue weighted by Crippen LogP contribution is -2.47. The topological polar surface area (TPSA) is 68.0 Å². The molecular formula is C17H25N3O4. The molecule has 4 heterocycles. The Kier molecular flexibility index (Phi) is 4.56. The number of carbonyl (C=O) groups is 1. The number of morpholine rings is 1. The van der Waals surface area contributed by atoms with Gasteiger partial charge in [0.2, 0.25) is 0 Å². The van der Waals surface area contributed by atoms with Gasteiger partial charge >= 0.3 is 0 Å². The molecule has 3 atom stereocenters. The normalized spacial score (nSPS) is 31.2. The Balaban J connectivity index is 1.34. The van der Waals surface area contributed by atoms with Crippen molar-refractivity contribution in [3.8, 4) is 0 Å². The molecule has 0 N–H and O–H groups in total. The first-order chi connectivity index (χ1) is 11.7. The van der Waals surface area contributed by atoms with E-state index in [0.29, 0.717) is 29.4 Å². The van der Waals surface area contributed by atoms with Gasteiger partial charge in [0.25, 0.3) is 5.91 Å². The molecule has 1 amide bonds. The zero-order valence-corrected chi connectivity index (χ0v) is 14.1. The van der Waals surface area contributed by atoms with Crippen molar-refractivity contribution in [1.82, 2.24) is 15.0 Å². The van der Waals surface area contributed by atoms with Crippen molar-refractivity contribution < 1.29 is 18.8 Å². The smallest absolute Gasteiger partial charge is 0.276 e. The number of nitrogens with zero attached hydrogens (tertiary/aromatic N) is 3. The third kappa shape index (κ3) is 3.20. The lowest BCUT2D eigenvalue weighted by atomic mass is 9.84. The van der Waals surface area contributed by atoms with Gasteiger partial charge in [0.15, 0.2) is 5.69 Å². The highest BCUT2D eigenvalue weighted by Crippen LogP contribution is 2.35. The van der Waals surface area contributed by atoms with E-state index < -0.39 is 0 Å². The Bertz CT molecular complexity index is 584. The van der Waals surface area contributed by atoms with Gasteiger partial charge in [0.05, 0.1) is 25.9 Å². The fourth-order valence-electron chi connectivity index (χ4n) is 4.13. The fraction of sp³-hybridized carbons (Fsp3) is 0.765. The van der Waals surface area contributed by atoms with Gasteiger partial charge in [-0.05, 0) is 19.3 Å². The molecule has 7 nitrogen and oxygen atoms in total. The zero-order chi connectivity index (χ0) is 16.5. The number of likely N-dealkylation sites (tertiary alicyclic amines) is 1. The number of carbonyl (C=O) groups excluding carboxylic acids is 1. The number of rotatable bonds is 3. The Labute approximate surface area is 141 Å². The summed E-state index contributed by atoms with van der Waals surface area (Å²) >= 11 is 0. The first-order valence-corrected chi connectivity index (χ1v) is 8.85. The first-order valence-electron chi connectivity index (χ1n) is 8.85. The summed E-state index contributed by atoms with van der Waals surface area (Å²) in [5.74, 6) is 1.63. The standard InChI is InChI=1S/C17H25N3O4/c1-12-8-15(18-24-12)17(21)20-3-2-14-13(9-20)11-23-16(14)10-19-4-6-22-7-5-19/h8,13-14,16H,2-7,9-11H2,1H3/t13-,14-,16+/m1/s1. The van der Waals surface area contributed by atoms with Gasteiger partial charge in [0, 0.05) is 44.7 Å². The quantitative estimate of drug-likeness (QED) is 0.814. The van der Waals surface area contributed by atoms with E-state index in [-0.39, 0.29) is 5.91 Å². The molecule has 24 heavy (non-hydrogen) atoms. The van der Waals surface area contributed by atoms with Gasteiger partial charge < -0.3 is 18.9 Å². The van der Waals surface area contributed by atoms with Crippen LogP contribution in [-0.4, -0.2) is 79.5 Å². The summed E-state index contributed by atoms with van der Waals surface area (Å²) in [7, 11) is 0. The predicted molar refractivity (Wildman–Crippen MR) is 85.7 cm³/mol. The second-order valence-electron chi connectivity index (χ2n) is 7.07. The van der Waals surface area contributed by atoms with Gasteiger partial charge in [-0.25, -0.2) is 0 Å². The van der Waals surface area contributed by atoms with Crippen LogP contribution >= 0.6 is 0 Å². The number of hydrogen-bond donors (Lipinski definition) is 0. The van der Waals surface area contributed by atoms with Crippen LogP contribution in [-0.2, 0) is 9.47 Å². The van der Waals surface area contributed by atoms with Crippen molar-refractivity contribution in [3.05, 3.63) is 17.5 Å². The molecule has 3 fully saturated rings. The highest BCUT2D eigenvalue weighted by atomic mass is 16.5. The van der Waals surface area contributed by atoms with Gasteiger partial charge in [-0.2, -0.15) is 0 Å². The summed E-state index contributed by atoms with van der Waals surface area (Å²) in [5.41, 5.74) is 0.412. The van der Waals surface area contributed by atoms with E-state index >= 15 is 0 Å². The minimum atomic E-state index is -0.0260. The monoisotopic (exact) mass is 335 g/mol. The maximum Gasteiger partial charge on any atom is 0.276 e. The molecule has 4 rings (SSSR count). The number of aryl methyl sites for hydroxylation is 1. The zero-order valence-electron chi connectivity index (χ0n) is 14.1. The van der Waals surface area contributed by atoms with Crippen LogP contribution in [0.3, 0.4) is 0 Å². The Morgan fingerprint density at radius 3 is 2.92 bits per heavy atom. The van der Waals surface area contributed by atoms with Crippen molar-refractivity contribution in [2.75, 3.05) is 52.5 Å². The highest BCUT2D eigenvalue weighted by molar-refractivity contribution is 5.92. The van der Waals surface area contributed by atoms with Crippen LogP contribution in [0.25, 0.3) is 0 Å². The Morgan fingerprint density at radius 2 is 2.17 bits per heavy atom. The van der Waals surface area contributed by atoms with Crippen LogP contribution in [0, 0.1) is 18.8 Å². The number of ether oxygens (including phenoxy) is 2. The second kappa shape index (κ2) is 6.82. The summed E-state index contributed by atoms with van der Waals surface area (Å²) in [5, 5.41) is 3.85. The average molecular weight is 335 g/mol. The number of aromatic nitrogens is 1. The molecule has 1 aromatic heterocycles. The van der Waals surface area contributed by atoms with Crippen molar-refractivity contribution in [3.63, 3.8) is 0 Å². The van der Waals surface area contributed by atoms with E-state index in [1.54, 1.807) is 13.0 Å². The minimum Gasteiger partial charge on any atom is -0.379 e. The molecule has 0 bridgehead atoms.